The molecule has 0 aliphatic carbocycles. The van der Waals surface area contributed by atoms with Crippen molar-refractivity contribution in [2.24, 2.45) is 0 Å². The molecule has 2 nitrogen and oxygen atoms in total. The Morgan fingerprint density at radius 3 is 2.50 bits per heavy atom. The Balaban J connectivity index is 1.98. The highest BCUT2D eigenvalue weighted by atomic mass is 79.9. The van der Waals surface area contributed by atoms with Crippen LogP contribution in [0.1, 0.15) is 24.2 Å². The third-order valence-corrected chi connectivity index (χ3v) is 3.15. The van der Waals surface area contributed by atoms with E-state index in [2.05, 4.69) is 15.9 Å². The van der Waals surface area contributed by atoms with Gasteiger partial charge in [-0.15, -0.1) is 0 Å². The fourth-order valence-corrected chi connectivity index (χ4v) is 2.08. The molecule has 94 valence electrons. The van der Waals surface area contributed by atoms with Gasteiger partial charge in [-0.2, -0.15) is 0 Å². The van der Waals surface area contributed by atoms with Crippen molar-refractivity contribution in [1.29, 1.82) is 0 Å². The van der Waals surface area contributed by atoms with Gasteiger partial charge in [-0.05, 0) is 42.3 Å². The molecule has 0 amide bonds. The third-order valence-electron chi connectivity index (χ3n) is 2.66. The van der Waals surface area contributed by atoms with Crippen LogP contribution in [-0.2, 0) is 6.61 Å². The summed E-state index contributed by atoms with van der Waals surface area (Å²) in [5, 5.41) is 9.41. The van der Waals surface area contributed by atoms with Crippen molar-refractivity contribution in [3.8, 4) is 5.75 Å². The zero-order valence-electron chi connectivity index (χ0n) is 10.1. The summed E-state index contributed by atoms with van der Waals surface area (Å²) in [5.41, 5.74) is 2.01. The molecule has 1 atom stereocenters. The van der Waals surface area contributed by atoms with Gasteiger partial charge in [-0.1, -0.05) is 40.2 Å². The Kier molecular flexibility index (Phi) is 4.39. The first-order valence-electron chi connectivity index (χ1n) is 5.80. The van der Waals surface area contributed by atoms with Crippen molar-refractivity contribution in [1.82, 2.24) is 0 Å². The molecule has 1 N–H and O–H groups in total. The largest absolute Gasteiger partial charge is 0.489 e. The number of benzene rings is 2. The second-order valence-electron chi connectivity index (χ2n) is 4.16. The Morgan fingerprint density at radius 2 is 1.89 bits per heavy atom. The minimum absolute atomic E-state index is 0.441. The molecular formula is C15H15BrO2. The Hall–Kier alpha value is -1.32. The first kappa shape index (κ1) is 13.1. The van der Waals surface area contributed by atoms with Crippen molar-refractivity contribution in [3.63, 3.8) is 0 Å². The van der Waals surface area contributed by atoms with Gasteiger partial charge in [0.25, 0.3) is 0 Å². The van der Waals surface area contributed by atoms with E-state index in [-0.39, 0.29) is 0 Å². The number of hydrogen-bond acceptors (Lipinski definition) is 2. The molecule has 0 saturated heterocycles. The zero-order valence-corrected chi connectivity index (χ0v) is 11.7. The third kappa shape index (κ3) is 3.59. The van der Waals surface area contributed by atoms with Crippen LogP contribution in [0.4, 0.5) is 0 Å². The summed E-state index contributed by atoms with van der Waals surface area (Å²) in [6.45, 7) is 2.28. The molecule has 0 spiro atoms. The van der Waals surface area contributed by atoms with Crippen LogP contribution in [0.5, 0.6) is 5.75 Å². The smallest absolute Gasteiger partial charge is 0.119 e. The van der Waals surface area contributed by atoms with Gasteiger partial charge in [0.15, 0.2) is 0 Å². The van der Waals surface area contributed by atoms with E-state index in [4.69, 9.17) is 4.74 Å². The van der Waals surface area contributed by atoms with E-state index in [1.807, 2.05) is 48.5 Å². The molecule has 0 fully saturated rings. The van der Waals surface area contributed by atoms with E-state index in [9.17, 15) is 5.11 Å². The molecule has 1 unspecified atom stereocenters. The molecule has 2 rings (SSSR count). The average molecular weight is 307 g/mol. The zero-order chi connectivity index (χ0) is 13.0. The van der Waals surface area contributed by atoms with Crippen LogP contribution in [0, 0.1) is 0 Å². The van der Waals surface area contributed by atoms with Gasteiger partial charge in [0.2, 0.25) is 0 Å². The number of aliphatic hydroxyl groups is 1. The van der Waals surface area contributed by atoms with E-state index in [1.54, 1.807) is 6.92 Å². The molecule has 0 radical (unpaired) electrons. The lowest BCUT2D eigenvalue weighted by Crippen LogP contribution is -1.96. The molecule has 0 aliphatic rings. The summed E-state index contributed by atoms with van der Waals surface area (Å²) in [5.74, 6) is 0.805. The molecule has 18 heavy (non-hydrogen) atoms. The topological polar surface area (TPSA) is 29.5 Å². The van der Waals surface area contributed by atoms with Crippen LogP contribution in [0.25, 0.3) is 0 Å². The van der Waals surface area contributed by atoms with Crippen LogP contribution in [-0.4, -0.2) is 5.11 Å². The number of aliphatic hydroxyl groups excluding tert-OH is 1. The predicted molar refractivity (Wildman–Crippen MR) is 75.5 cm³/mol. The highest BCUT2D eigenvalue weighted by Gasteiger charge is 2.01. The summed E-state index contributed by atoms with van der Waals surface area (Å²) < 4.78 is 6.73. The van der Waals surface area contributed by atoms with Crippen molar-refractivity contribution in [2.75, 3.05) is 0 Å². The van der Waals surface area contributed by atoms with E-state index >= 15 is 0 Å². The summed E-state index contributed by atoms with van der Waals surface area (Å²) in [6.07, 6.45) is -0.441. The molecule has 2 aromatic rings. The number of ether oxygens (including phenoxy) is 1. The second kappa shape index (κ2) is 6.03. The van der Waals surface area contributed by atoms with Gasteiger partial charge in [0.1, 0.15) is 12.4 Å². The lowest BCUT2D eigenvalue weighted by atomic mass is 10.1. The normalized spacial score (nSPS) is 12.2. The lowest BCUT2D eigenvalue weighted by molar-refractivity contribution is 0.199. The summed E-state index contributed by atoms with van der Waals surface area (Å²) >= 11 is 3.43. The molecule has 0 saturated carbocycles. The standard InChI is InChI=1S/C15H15BrO2/c1-11(17)13-5-7-15(8-6-13)18-10-12-3-2-4-14(16)9-12/h2-9,11,17H,10H2,1H3. The maximum absolute atomic E-state index is 9.41. The summed E-state index contributed by atoms with van der Waals surface area (Å²) in [7, 11) is 0. The Morgan fingerprint density at radius 1 is 1.17 bits per heavy atom. The highest BCUT2D eigenvalue weighted by molar-refractivity contribution is 9.10. The van der Waals surface area contributed by atoms with E-state index in [0.29, 0.717) is 6.61 Å². The Bertz CT molecular complexity index is 506. The van der Waals surface area contributed by atoms with Crippen molar-refractivity contribution >= 4 is 15.9 Å². The van der Waals surface area contributed by atoms with Gasteiger partial charge in [-0.3, -0.25) is 0 Å². The van der Waals surface area contributed by atoms with Crippen LogP contribution in [0.15, 0.2) is 53.0 Å². The minimum Gasteiger partial charge on any atom is -0.489 e. The maximum atomic E-state index is 9.41. The van der Waals surface area contributed by atoms with Gasteiger partial charge in [-0.25, -0.2) is 0 Å². The fraction of sp³-hybridized carbons (Fsp3) is 0.200. The molecule has 3 heteroatoms. The van der Waals surface area contributed by atoms with E-state index in [0.717, 1.165) is 21.3 Å². The monoisotopic (exact) mass is 306 g/mol. The first-order valence-corrected chi connectivity index (χ1v) is 6.60. The van der Waals surface area contributed by atoms with E-state index in [1.165, 1.54) is 0 Å². The van der Waals surface area contributed by atoms with Crippen molar-refractivity contribution in [2.45, 2.75) is 19.6 Å². The molecule has 0 heterocycles. The first-order chi connectivity index (χ1) is 8.65. The van der Waals surface area contributed by atoms with Gasteiger partial charge < -0.3 is 9.84 Å². The predicted octanol–water partition coefficient (Wildman–Crippen LogP) is 4.08. The summed E-state index contributed by atoms with van der Waals surface area (Å²) in [4.78, 5) is 0. The molecule has 0 bridgehead atoms. The highest BCUT2D eigenvalue weighted by Crippen LogP contribution is 2.19. The van der Waals surface area contributed by atoms with Crippen molar-refractivity contribution in [3.05, 3.63) is 64.1 Å². The van der Waals surface area contributed by atoms with Gasteiger partial charge >= 0.3 is 0 Å². The number of halogens is 1. The maximum Gasteiger partial charge on any atom is 0.119 e. The average Bonchev–Trinajstić information content (AvgIpc) is 2.37. The second-order valence-corrected chi connectivity index (χ2v) is 5.08. The lowest BCUT2D eigenvalue weighted by Gasteiger charge is -2.08. The van der Waals surface area contributed by atoms with Gasteiger partial charge in [0.05, 0.1) is 6.10 Å². The molecule has 0 aliphatic heterocycles. The minimum atomic E-state index is -0.441. The fourth-order valence-electron chi connectivity index (χ4n) is 1.64. The Labute approximate surface area is 115 Å². The van der Waals surface area contributed by atoms with Crippen LogP contribution in [0.3, 0.4) is 0 Å². The van der Waals surface area contributed by atoms with Crippen LogP contribution in [0.2, 0.25) is 0 Å². The van der Waals surface area contributed by atoms with E-state index < -0.39 is 6.10 Å². The number of rotatable bonds is 4. The molecule has 2 aromatic carbocycles. The van der Waals surface area contributed by atoms with Crippen LogP contribution < -0.4 is 4.74 Å². The van der Waals surface area contributed by atoms with Crippen LogP contribution >= 0.6 is 15.9 Å². The quantitative estimate of drug-likeness (QED) is 0.922. The number of hydrogen-bond donors (Lipinski definition) is 1. The van der Waals surface area contributed by atoms with Crippen molar-refractivity contribution < 1.29 is 9.84 Å². The van der Waals surface area contributed by atoms with Gasteiger partial charge in [0, 0.05) is 4.47 Å². The molecule has 0 aromatic heterocycles. The molecular weight excluding hydrogens is 292 g/mol. The summed E-state index contributed by atoms with van der Waals surface area (Å²) in [6, 6.07) is 15.5. The SMILES string of the molecule is CC(O)c1ccc(OCc2cccc(Br)c2)cc1.